The topological polar surface area (TPSA) is 36.7 Å². The fourth-order valence-electron chi connectivity index (χ4n) is 1.14. The zero-order chi connectivity index (χ0) is 9.90. The highest BCUT2D eigenvalue weighted by Crippen LogP contribution is 2.18. The van der Waals surface area contributed by atoms with E-state index in [1.807, 2.05) is 12.1 Å². The first-order chi connectivity index (χ1) is 6.01. The van der Waals surface area contributed by atoms with Crippen LogP contribution < -0.4 is 0 Å². The summed E-state index contributed by atoms with van der Waals surface area (Å²) in [5.74, 6) is 0. The first-order valence-corrected chi connectivity index (χ1v) is 4.36. The molecule has 0 bridgehead atoms. The van der Waals surface area contributed by atoms with Crippen molar-refractivity contribution in [1.82, 2.24) is 4.98 Å². The first kappa shape index (κ1) is 9.73. The molecule has 2 heteroatoms. The van der Waals surface area contributed by atoms with Gasteiger partial charge in [0.25, 0.3) is 0 Å². The molecule has 0 N–H and O–H groups in total. The van der Waals surface area contributed by atoms with Crippen molar-refractivity contribution in [1.29, 1.82) is 5.26 Å². The molecule has 2 nitrogen and oxygen atoms in total. The quantitative estimate of drug-likeness (QED) is 0.656. The molecule has 0 amide bonds. The van der Waals surface area contributed by atoms with Gasteiger partial charge in [-0.15, -0.1) is 0 Å². The molecule has 0 unspecified atom stereocenters. The zero-order valence-electron chi connectivity index (χ0n) is 8.33. The summed E-state index contributed by atoms with van der Waals surface area (Å²) >= 11 is 0. The minimum atomic E-state index is 0.251. The lowest BCUT2D eigenvalue weighted by Gasteiger charge is -2.16. The average molecular weight is 174 g/mol. The number of aromatic nitrogens is 1. The van der Waals surface area contributed by atoms with Crippen LogP contribution in [0, 0.1) is 16.7 Å². The summed E-state index contributed by atoms with van der Waals surface area (Å²) in [5, 5.41) is 8.57. The Labute approximate surface area is 79.2 Å². The largest absolute Gasteiger partial charge is 0.260 e. The average Bonchev–Trinajstić information content (AvgIpc) is 2.03. The smallest absolute Gasteiger partial charge is 0.101 e. The highest BCUT2D eigenvalue weighted by atomic mass is 14.7. The van der Waals surface area contributed by atoms with Gasteiger partial charge in [-0.05, 0) is 24.0 Å². The Morgan fingerprint density at radius 2 is 2.08 bits per heavy atom. The van der Waals surface area contributed by atoms with Crippen LogP contribution in [0.15, 0.2) is 18.3 Å². The van der Waals surface area contributed by atoms with Gasteiger partial charge in [-0.25, -0.2) is 0 Å². The van der Waals surface area contributed by atoms with Crippen molar-refractivity contribution in [3.05, 3.63) is 29.6 Å². The van der Waals surface area contributed by atoms with E-state index in [-0.39, 0.29) is 5.41 Å². The molecule has 1 aromatic rings. The van der Waals surface area contributed by atoms with Crippen LogP contribution in [0.1, 0.15) is 32.0 Å². The second kappa shape index (κ2) is 3.57. The number of hydrogen-bond donors (Lipinski definition) is 0. The number of hydrogen-bond acceptors (Lipinski definition) is 2. The summed E-state index contributed by atoms with van der Waals surface area (Å²) in [5.41, 5.74) is 1.92. The van der Waals surface area contributed by atoms with Gasteiger partial charge in [0, 0.05) is 11.9 Å². The van der Waals surface area contributed by atoms with Gasteiger partial charge in [-0.1, -0.05) is 20.8 Å². The SMILES string of the molecule is CC(C)(C)Cc1ccc(C#N)cn1. The maximum Gasteiger partial charge on any atom is 0.101 e. The number of nitrogens with zero attached hydrogens (tertiary/aromatic N) is 2. The molecule has 13 heavy (non-hydrogen) atoms. The summed E-state index contributed by atoms with van der Waals surface area (Å²) in [4.78, 5) is 4.21. The van der Waals surface area contributed by atoms with Gasteiger partial charge >= 0.3 is 0 Å². The third-order valence-electron chi connectivity index (χ3n) is 1.67. The standard InChI is InChI=1S/C11H14N2/c1-11(2,3)6-10-5-4-9(7-12)8-13-10/h4-5,8H,6H2,1-3H3. The van der Waals surface area contributed by atoms with Crippen molar-refractivity contribution in [2.75, 3.05) is 0 Å². The second-order valence-corrected chi connectivity index (χ2v) is 4.39. The predicted octanol–water partition coefficient (Wildman–Crippen LogP) is 2.54. The number of nitriles is 1. The summed E-state index contributed by atoms with van der Waals surface area (Å²) in [6.45, 7) is 6.52. The van der Waals surface area contributed by atoms with Crippen molar-refractivity contribution in [3.63, 3.8) is 0 Å². The van der Waals surface area contributed by atoms with Gasteiger partial charge in [0.1, 0.15) is 6.07 Å². The van der Waals surface area contributed by atoms with Crippen LogP contribution in [0.3, 0.4) is 0 Å². The van der Waals surface area contributed by atoms with Crippen molar-refractivity contribution < 1.29 is 0 Å². The Morgan fingerprint density at radius 3 is 2.46 bits per heavy atom. The van der Waals surface area contributed by atoms with E-state index in [9.17, 15) is 0 Å². The van der Waals surface area contributed by atoms with E-state index in [1.165, 1.54) is 0 Å². The monoisotopic (exact) mass is 174 g/mol. The van der Waals surface area contributed by atoms with E-state index in [0.29, 0.717) is 5.56 Å². The van der Waals surface area contributed by atoms with Gasteiger partial charge in [-0.2, -0.15) is 5.26 Å². The van der Waals surface area contributed by atoms with Crippen LogP contribution in [0.25, 0.3) is 0 Å². The first-order valence-electron chi connectivity index (χ1n) is 4.36. The molecule has 0 aliphatic carbocycles. The van der Waals surface area contributed by atoms with Crippen LogP contribution in [-0.4, -0.2) is 4.98 Å². The molecule has 1 rings (SSSR count). The van der Waals surface area contributed by atoms with Crippen LogP contribution in [0.5, 0.6) is 0 Å². The van der Waals surface area contributed by atoms with Gasteiger partial charge in [-0.3, -0.25) is 4.98 Å². The molecule has 0 aliphatic rings. The highest BCUT2D eigenvalue weighted by Gasteiger charge is 2.11. The van der Waals surface area contributed by atoms with E-state index in [4.69, 9.17) is 5.26 Å². The molecular formula is C11H14N2. The molecule has 0 aromatic carbocycles. The van der Waals surface area contributed by atoms with Crippen LogP contribution in [0.2, 0.25) is 0 Å². The van der Waals surface area contributed by atoms with Gasteiger partial charge in [0.2, 0.25) is 0 Å². The molecule has 0 spiro atoms. The normalized spacial score (nSPS) is 10.9. The van der Waals surface area contributed by atoms with Gasteiger partial charge in [0.15, 0.2) is 0 Å². The molecule has 0 aliphatic heterocycles. The molecule has 0 saturated carbocycles. The second-order valence-electron chi connectivity index (χ2n) is 4.39. The highest BCUT2D eigenvalue weighted by molar-refractivity contribution is 5.26. The van der Waals surface area contributed by atoms with E-state index >= 15 is 0 Å². The lowest BCUT2D eigenvalue weighted by Crippen LogP contribution is -2.10. The van der Waals surface area contributed by atoms with Gasteiger partial charge in [0.05, 0.1) is 5.56 Å². The summed E-state index contributed by atoms with van der Waals surface area (Å²) in [7, 11) is 0. The number of pyridine rings is 1. The molecular weight excluding hydrogens is 160 g/mol. The van der Waals surface area contributed by atoms with Crippen molar-refractivity contribution in [3.8, 4) is 6.07 Å². The van der Waals surface area contributed by atoms with Gasteiger partial charge < -0.3 is 0 Å². The minimum Gasteiger partial charge on any atom is -0.260 e. The number of rotatable bonds is 1. The molecule has 0 radical (unpaired) electrons. The fourth-order valence-corrected chi connectivity index (χ4v) is 1.14. The third kappa shape index (κ3) is 3.25. The van der Waals surface area contributed by atoms with Crippen LogP contribution >= 0.6 is 0 Å². The fraction of sp³-hybridized carbons (Fsp3) is 0.455. The van der Waals surface area contributed by atoms with E-state index in [2.05, 4.69) is 31.8 Å². The van der Waals surface area contributed by atoms with Crippen LogP contribution in [0.4, 0.5) is 0 Å². The molecule has 1 aromatic heterocycles. The summed E-state index contributed by atoms with van der Waals surface area (Å²) in [6.07, 6.45) is 2.57. The Balaban J connectivity index is 2.77. The minimum absolute atomic E-state index is 0.251. The maximum atomic E-state index is 8.57. The lowest BCUT2D eigenvalue weighted by atomic mass is 9.90. The Kier molecular flexibility index (Phi) is 2.67. The van der Waals surface area contributed by atoms with E-state index < -0.39 is 0 Å². The van der Waals surface area contributed by atoms with Crippen molar-refractivity contribution >= 4 is 0 Å². The molecule has 68 valence electrons. The maximum absolute atomic E-state index is 8.57. The summed E-state index contributed by atoms with van der Waals surface area (Å²) in [6, 6.07) is 5.79. The Hall–Kier alpha value is -1.36. The molecule has 0 saturated heterocycles. The summed E-state index contributed by atoms with van der Waals surface area (Å²) < 4.78 is 0. The molecule has 0 fully saturated rings. The lowest BCUT2D eigenvalue weighted by molar-refractivity contribution is 0.406. The Bertz CT molecular complexity index is 311. The van der Waals surface area contributed by atoms with E-state index in [1.54, 1.807) is 6.20 Å². The predicted molar refractivity (Wildman–Crippen MR) is 52.1 cm³/mol. The molecule has 1 heterocycles. The molecule has 0 atom stereocenters. The zero-order valence-corrected chi connectivity index (χ0v) is 8.33. The van der Waals surface area contributed by atoms with Crippen molar-refractivity contribution in [2.45, 2.75) is 27.2 Å². The van der Waals surface area contributed by atoms with Crippen LogP contribution in [-0.2, 0) is 6.42 Å². The third-order valence-corrected chi connectivity index (χ3v) is 1.67. The van der Waals surface area contributed by atoms with E-state index in [0.717, 1.165) is 12.1 Å². The van der Waals surface area contributed by atoms with Crippen molar-refractivity contribution in [2.24, 2.45) is 5.41 Å². The Morgan fingerprint density at radius 1 is 1.38 bits per heavy atom.